The van der Waals surface area contributed by atoms with E-state index in [1.54, 1.807) is 11.9 Å². The van der Waals surface area contributed by atoms with Crippen LogP contribution in [-0.2, 0) is 0 Å². The molecule has 1 aliphatic rings. The second-order valence-electron chi connectivity index (χ2n) is 6.10. The van der Waals surface area contributed by atoms with Crippen molar-refractivity contribution in [2.24, 2.45) is 5.73 Å². The highest BCUT2D eigenvalue weighted by atomic mass is 19.1. The summed E-state index contributed by atoms with van der Waals surface area (Å²) >= 11 is 0. The highest BCUT2D eigenvalue weighted by Gasteiger charge is 2.21. The molecule has 0 radical (unpaired) electrons. The Bertz CT molecular complexity index is 569. The average molecular weight is 321 g/mol. The highest BCUT2D eigenvalue weighted by Crippen LogP contribution is 2.22. The van der Waals surface area contributed by atoms with E-state index in [1.165, 1.54) is 31.4 Å². The molecule has 0 saturated heterocycles. The summed E-state index contributed by atoms with van der Waals surface area (Å²) in [5.41, 5.74) is 5.26. The monoisotopic (exact) mass is 321 g/mol. The molecule has 1 saturated carbocycles. The van der Waals surface area contributed by atoms with Gasteiger partial charge in [-0.15, -0.1) is 0 Å². The summed E-state index contributed by atoms with van der Waals surface area (Å²) in [4.78, 5) is 25.3. The van der Waals surface area contributed by atoms with Gasteiger partial charge >= 0.3 is 6.03 Å². The predicted molar refractivity (Wildman–Crippen MR) is 87.8 cm³/mol. The number of anilines is 1. The minimum absolute atomic E-state index is 0.214. The molecule has 0 unspecified atom stereocenters. The summed E-state index contributed by atoms with van der Waals surface area (Å²) in [5, 5.41) is 2.71. The van der Waals surface area contributed by atoms with Gasteiger partial charge in [-0.1, -0.05) is 32.1 Å². The molecule has 0 spiro atoms. The van der Waals surface area contributed by atoms with Crippen molar-refractivity contribution < 1.29 is 14.0 Å². The molecule has 6 heteroatoms. The Balaban J connectivity index is 2.02. The molecule has 2 rings (SSSR count). The maximum absolute atomic E-state index is 13.5. The Morgan fingerprint density at radius 1 is 1.17 bits per heavy atom. The largest absolute Gasteiger partial charge is 0.366 e. The van der Waals surface area contributed by atoms with Crippen LogP contribution in [0.3, 0.4) is 0 Å². The lowest BCUT2D eigenvalue weighted by Gasteiger charge is -2.29. The van der Waals surface area contributed by atoms with Crippen molar-refractivity contribution in [2.45, 2.75) is 51.0 Å². The first-order valence-corrected chi connectivity index (χ1v) is 8.12. The molecule has 3 amide bonds. The number of urea groups is 1. The number of carbonyl (C=O) groups is 2. The predicted octanol–water partition coefficient (Wildman–Crippen LogP) is 3.50. The molecular formula is C17H24FN3O2. The summed E-state index contributed by atoms with van der Waals surface area (Å²) < 4.78 is 13.5. The number of benzene rings is 1. The van der Waals surface area contributed by atoms with Crippen molar-refractivity contribution in [2.75, 3.05) is 12.4 Å². The number of amides is 3. The lowest BCUT2D eigenvalue weighted by atomic mass is 9.96. The van der Waals surface area contributed by atoms with Crippen LogP contribution in [0.4, 0.5) is 14.9 Å². The number of hydrogen-bond acceptors (Lipinski definition) is 2. The summed E-state index contributed by atoms with van der Waals surface area (Å²) in [6.45, 7) is 0. The normalized spacial score (nSPS) is 16.3. The van der Waals surface area contributed by atoms with Gasteiger partial charge in [0.2, 0.25) is 0 Å². The van der Waals surface area contributed by atoms with Crippen molar-refractivity contribution in [3.63, 3.8) is 0 Å². The molecular weight excluding hydrogens is 297 g/mol. The van der Waals surface area contributed by atoms with E-state index in [0.717, 1.165) is 31.7 Å². The highest BCUT2D eigenvalue weighted by molar-refractivity contribution is 5.96. The fourth-order valence-corrected chi connectivity index (χ4v) is 2.99. The zero-order chi connectivity index (χ0) is 16.8. The van der Waals surface area contributed by atoms with Crippen LogP contribution in [0.2, 0.25) is 0 Å². The fraction of sp³-hybridized carbons (Fsp3) is 0.529. The summed E-state index contributed by atoms with van der Waals surface area (Å²) in [5.74, 6) is -1.55. The average Bonchev–Trinajstić information content (AvgIpc) is 2.48. The van der Waals surface area contributed by atoms with Crippen molar-refractivity contribution >= 4 is 17.6 Å². The first kappa shape index (κ1) is 17.2. The van der Waals surface area contributed by atoms with Crippen molar-refractivity contribution in [3.8, 4) is 0 Å². The third-order valence-electron chi connectivity index (χ3n) is 4.43. The number of primary amides is 1. The van der Waals surface area contributed by atoms with E-state index in [4.69, 9.17) is 5.73 Å². The molecule has 23 heavy (non-hydrogen) atoms. The van der Waals surface area contributed by atoms with Gasteiger partial charge in [0.25, 0.3) is 5.91 Å². The minimum atomic E-state index is -0.855. The van der Waals surface area contributed by atoms with Crippen molar-refractivity contribution in [1.82, 2.24) is 4.90 Å². The molecule has 0 bridgehead atoms. The molecule has 5 nitrogen and oxygen atoms in total. The van der Waals surface area contributed by atoms with Gasteiger partial charge in [0.15, 0.2) is 0 Å². The van der Waals surface area contributed by atoms with Gasteiger partial charge < -0.3 is 16.0 Å². The van der Waals surface area contributed by atoms with E-state index in [0.29, 0.717) is 5.69 Å². The Hall–Kier alpha value is -2.11. The van der Waals surface area contributed by atoms with Crippen LogP contribution >= 0.6 is 0 Å². The smallest absolute Gasteiger partial charge is 0.321 e. The molecule has 1 aromatic rings. The van der Waals surface area contributed by atoms with Gasteiger partial charge in [-0.05, 0) is 31.0 Å². The molecule has 3 N–H and O–H groups in total. The number of nitrogens with one attached hydrogen (secondary N) is 1. The van der Waals surface area contributed by atoms with Gasteiger partial charge in [0, 0.05) is 18.8 Å². The van der Waals surface area contributed by atoms with Crippen molar-refractivity contribution in [3.05, 3.63) is 29.6 Å². The van der Waals surface area contributed by atoms with Gasteiger partial charge in [0.05, 0.1) is 5.56 Å². The van der Waals surface area contributed by atoms with Gasteiger partial charge in [-0.2, -0.15) is 0 Å². The fourth-order valence-electron chi connectivity index (χ4n) is 2.99. The number of nitrogens with two attached hydrogens (primary N) is 1. The van der Waals surface area contributed by atoms with Gasteiger partial charge in [-0.25, -0.2) is 9.18 Å². The third kappa shape index (κ3) is 4.68. The van der Waals surface area contributed by atoms with Crippen LogP contribution in [0.25, 0.3) is 0 Å². The van der Waals surface area contributed by atoms with Crippen LogP contribution in [0, 0.1) is 5.82 Å². The molecule has 0 aliphatic heterocycles. The van der Waals surface area contributed by atoms with E-state index < -0.39 is 11.7 Å². The molecule has 0 atom stereocenters. The molecule has 1 fully saturated rings. The second-order valence-corrected chi connectivity index (χ2v) is 6.10. The summed E-state index contributed by atoms with van der Waals surface area (Å²) in [6, 6.07) is 3.78. The Morgan fingerprint density at radius 3 is 2.39 bits per heavy atom. The molecule has 126 valence electrons. The number of carbonyl (C=O) groups excluding carboxylic acids is 2. The van der Waals surface area contributed by atoms with E-state index in [9.17, 15) is 14.0 Å². The zero-order valence-electron chi connectivity index (χ0n) is 13.5. The van der Waals surface area contributed by atoms with Gasteiger partial charge in [-0.3, -0.25) is 4.79 Å². The van der Waals surface area contributed by atoms with Crippen LogP contribution in [-0.4, -0.2) is 29.9 Å². The van der Waals surface area contributed by atoms with E-state index in [-0.39, 0.29) is 17.6 Å². The topological polar surface area (TPSA) is 75.4 Å². The second kappa shape index (κ2) is 7.94. The molecule has 1 aromatic carbocycles. The summed E-state index contributed by atoms with van der Waals surface area (Å²) in [6.07, 6.45) is 7.96. The maximum atomic E-state index is 13.5. The Kier molecular flexibility index (Phi) is 5.96. The number of rotatable bonds is 3. The van der Waals surface area contributed by atoms with Gasteiger partial charge in [0.1, 0.15) is 5.82 Å². The zero-order valence-corrected chi connectivity index (χ0v) is 13.5. The van der Waals surface area contributed by atoms with Crippen LogP contribution in [0.5, 0.6) is 0 Å². The van der Waals surface area contributed by atoms with Crippen LogP contribution in [0.15, 0.2) is 18.2 Å². The SMILES string of the molecule is CN(C(=O)Nc1ccc(F)c(C(N)=O)c1)C1CCCCCCC1. The quantitative estimate of drug-likeness (QED) is 0.894. The van der Waals surface area contributed by atoms with E-state index in [1.807, 2.05) is 0 Å². The number of halogens is 1. The minimum Gasteiger partial charge on any atom is -0.366 e. The Labute approximate surface area is 136 Å². The maximum Gasteiger partial charge on any atom is 0.321 e. The van der Waals surface area contributed by atoms with Crippen LogP contribution < -0.4 is 11.1 Å². The molecule has 1 aliphatic carbocycles. The van der Waals surface area contributed by atoms with E-state index in [2.05, 4.69) is 5.32 Å². The Morgan fingerprint density at radius 2 is 1.78 bits per heavy atom. The van der Waals surface area contributed by atoms with E-state index >= 15 is 0 Å². The lowest BCUT2D eigenvalue weighted by molar-refractivity contribution is 0.0996. The first-order chi connectivity index (χ1) is 11.0. The van der Waals surface area contributed by atoms with Crippen LogP contribution in [0.1, 0.15) is 55.3 Å². The van der Waals surface area contributed by atoms with Crippen molar-refractivity contribution in [1.29, 1.82) is 0 Å². The third-order valence-corrected chi connectivity index (χ3v) is 4.43. The molecule has 0 aromatic heterocycles. The first-order valence-electron chi connectivity index (χ1n) is 8.12. The summed E-state index contributed by atoms with van der Waals surface area (Å²) in [7, 11) is 1.78. The number of nitrogens with zero attached hydrogens (tertiary/aromatic N) is 1. The number of hydrogen-bond donors (Lipinski definition) is 2. The molecule has 0 heterocycles. The standard InChI is InChI=1S/C17H24FN3O2/c1-21(13-7-5-3-2-4-6-8-13)17(23)20-12-9-10-15(18)14(11-12)16(19)22/h9-11,13H,2-8H2,1H3,(H2,19,22)(H,20,23). The lowest BCUT2D eigenvalue weighted by Crippen LogP contribution is -2.40.